The number of para-hydroxylation sites is 1. The fourth-order valence-corrected chi connectivity index (χ4v) is 4.68. The summed E-state index contributed by atoms with van der Waals surface area (Å²) in [6.07, 6.45) is 0. The van der Waals surface area contributed by atoms with Crippen molar-refractivity contribution in [3.05, 3.63) is 89.5 Å². The number of ether oxygens (including phenoxy) is 1. The van der Waals surface area contributed by atoms with Crippen LogP contribution in [0.2, 0.25) is 5.28 Å². The summed E-state index contributed by atoms with van der Waals surface area (Å²) in [6, 6.07) is 22.8. The minimum Gasteiger partial charge on any atom is -0.492 e. The Hall–Kier alpha value is -3.26. The Morgan fingerprint density at radius 3 is 2.36 bits per heavy atom. The molecule has 0 atom stereocenters. The summed E-state index contributed by atoms with van der Waals surface area (Å²) >= 11 is 6.16. The maximum Gasteiger partial charge on any atom is 0.224 e. The van der Waals surface area contributed by atoms with E-state index in [1.54, 1.807) is 6.07 Å². The Morgan fingerprint density at radius 1 is 0.889 bits per heavy atom. The van der Waals surface area contributed by atoms with E-state index < -0.39 is 0 Å². The van der Waals surface area contributed by atoms with Gasteiger partial charge in [-0.05, 0) is 54.1 Å². The van der Waals surface area contributed by atoms with E-state index in [1.807, 2.05) is 72.6 Å². The summed E-state index contributed by atoms with van der Waals surface area (Å²) in [5.41, 5.74) is 2.56. The maximum absolute atomic E-state index is 13.9. The molecule has 0 saturated carbocycles. The van der Waals surface area contributed by atoms with Gasteiger partial charge in [0.2, 0.25) is 5.28 Å². The van der Waals surface area contributed by atoms with Gasteiger partial charge in [0.05, 0.1) is 5.52 Å². The molecule has 1 aromatic heterocycles. The third kappa shape index (κ3) is 5.75. The molecule has 0 spiro atoms. The van der Waals surface area contributed by atoms with Crippen LogP contribution in [-0.2, 0) is 6.54 Å². The van der Waals surface area contributed by atoms with Gasteiger partial charge in [0.1, 0.15) is 24.0 Å². The minimum atomic E-state index is -0.125. The number of benzene rings is 3. The summed E-state index contributed by atoms with van der Waals surface area (Å²) in [5.74, 6) is 1.46. The summed E-state index contributed by atoms with van der Waals surface area (Å²) in [4.78, 5) is 15.5. The molecule has 1 aliphatic rings. The standard InChI is InChI=1S/C28H29ClFN5O/c1-33(27-24-7-3-5-9-26(24)31-28(29)32-27)22-10-12-23(13-11-22)36-19-18-34-14-16-35(17-15-34)20-21-6-2-4-8-25(21)30/h2-13H,14-20H2,1H3. The highest BCUT2D eigenvalue weighted by Gasteiger charge is 2.18. The Balaban J connectivity index is 1.11. The van der Waals surface area contributed by atoms with Gasteiger partial charge in [-0.2, -0.15) is 4.98 Å². The lowest BCUT2D eigenvalue weighted by Gasteiger charge is -2.34. The maximum atomic E-state index is 13.9. The molecule has 0 bridgehead atoms. The third-order valence-electron chi connectivity index (χ3n) is 6.59. The Kier molecular flexibility index (Phi) is 7.60. The first-order valence-electron chi connectivity index (χ1n) is 12.1. The molecule has 3 aromatic carbocycles. The van der Waals surface area contributed by atoms with Gasteiger partial charge in [0.25, 0.3) is 0 Å². The van der Waals surface area contributed by atoms with E-state index in [0.717, 1.165) is 66.4 Å². The van der Waals surface area contributed by atoms with Gasteiger partial charge in [-0.15, -0.1) is 0 Å². The van der Waals surface area contributed by atoms with Crippen LogP contribution in [0.3, 0.4) is 0 Å². The fourth-order valence-electron chi connectivity index (χ4n) is 4.51. The predicted molar refractivity (Wildman–Crippen MR) is 143 cm³/mol. The van der Waals surface area contributed by atoms with Crippen LogP contribution in [0.1, 0.15) is 5.56 Å². The third-order valence-corrected chi connectivity index (χ3v) is 6.76. The fraction of sp³-hybridized carbons (Fsp3) is 0.286. The monoisotopic (exact) mass is 505 g/mol. The predicted octanol–water partition coefficient (Wildman–Crippen LogP) is 5.39. The van der Waals surface area contributed by atoms with Crippen molar-refractivity contribution in [3.63, 3.8) is 0 Å². The molecule has 36 heavy (non-hydrogen) atoms. The molecular weight excluding hydrogens is 477 g/mol. The Bertz CT molecular complexity index is 1310. The second-order valence-electron chi connectivity index (χ2n) is 8.94. The van der Waals surface area contributed by atoms with Crippen molar-refractivity contribution in [1.82, 2.24) is 19.8 Å². The van der Waals surface area contributed by atoms with Crippen LogP contribution in [0.25, 0.3) is 10.9 Å². The van der Waals surface area contributed by atoms with Gasteiger partial charge in [0.15, 0.2) is 0 Å². The highest BCUT2D eigenvalue weighted by atomic mass is 35.5. The van der Waals surface area contributed by atoms with Crippen molar-refractivity contribution in [2.45, 2.75) is 6.54 Å². The van der Waals surface area contributed by atoms with Gasteiger partial charge in [-0.1, -0.05) is 30.3 Å². The SMILES string of the molecule is CN(c1ccc(OCCN2CCN(Cc3ccccc3F)CC2)cc1)c1nc(Cl)nc2ccccc12. The highest BCUT2D eigenvalue weighted by Crippen LogP contribution is 2.30. The lowest BCUT2D eigenvalue weighted by Crippen LogP contribution is -2.47. The lowest BCUT2D eigenvalue weighted by molar-refractivity contribution is 0.112. The minimum absolute atomic E-state index is 0.125. The number of nitrogens with zero attached hydrogens (tertiary/aromatic N) is 5. The van der Waals surface area contributed by atoms with E-state index in [9.17, 15) is 4.39 Å². The average Bonchev–Trinajstić information content (AvgIpc) is 2.90. The summed E-state index contributed by atoms with van der Waals surface area (Å²) in [5, 5.41) is 1.17. The van der Waals surface area contributed by atoms with Crippen molar-refractivity contribution in [1.29, 1.82) is 0 Å². The molecule has 1 aliphatic heterocycles. The first kappa shape index (κ1) is 24.4. The topological polar surface area (TPSA) is 44.7 Å². The molecule has 0 N–H and O–H groups in total. The second-order valence-corrected chi connectivity index (χ2v) is 9.28. The molecule has 2 heterocycles. The first-order chi connectivity index (χ1) is 17.6. The molecule has 5 rings (SSSR count). The molecule has 6 nitrogen and oxygen atoms in total. The number of piperazine rings is 1. The molecule has 4 aromatic rings. The molecule has 8 heteroatoms. The van der Waals surface area contributed by atoms with Crippen LogP contribution in [0.15, 0.2) is 72.8 Å². The second kappa shape index (κ2) is 11.2. The quantitative estimate of drug-likeness (QED) is 0.299. The number of fused-ring (bicyclic) bond motifs is 1. The molecule has 1 saturated heterocycles. The van der Waals surface area contributed by atoms with Crippen molar-refractivity contribution < 1.29 is 9.13 Å². The van der Waals surface area contributed by atoms with Crippen LogP contribution in [0.4, 0.5) is 15.9 Å². The number of hydrogen-bond donors (Lipinski definition) is 0. The zero-order valence-corrected chi connectivity index (χ0v) is 21.0. The van der Waals surface area contributed by atoms with Crippen LogP contribution >= 0.6 is 11.6 Å². The molecule has 186 valence electrons. The van der Waals surface area contributed by atoms with Crippen molar-refractivity contribution in [2.24, 2.45) is 0 Å². The van der Waals surface area contributed by atoms with E-state index in [4.69, 9.17) is 16.3 Å². The van der Waals surface area contributed by atoms with E-state index >= 15 is 0 Å². The molecule has 0 aliphatic carbocycles. The molecule has 0 unspecified atom stereocenters. The first-order valence-corrected chi connectivity index (χ1v) is 12.5. The normalized spacial score (nSPS) is 14.8. The van der Waals surface area contributed by atoms with Gasteiger partial charge >= 0.3 is 0 Å². The van der Waals surface area contributed by atoms with Gasteiger partial charge in [-0.3, -0.25) is 9.80 Å². The van der Waals surface area contributed by atoms with E-state index in [2.05, 4.69) is 19.8 Å². The van der Waals surface area contributed by atoms with Crippen LogP contribution < -0.4 is 9.64 Å². The van der Waals surface area contributed by atoms with Gasteiger partial charge in [0, 0.05) is 63.0 Å². The van der Waals surface area contributed by atoms with Crippen molar-refractivity contribution in [3.8, 4) is 5.75 Å². The summed E-state index contributed by atoms with van der Waals surface area (Å²) < 4.78 is 19.9. The average molecular weight is 506 g/mol. The van der Waals surface area contributed by atoms with Gasteiger partial charge in [-0.25, -0.2) is 9.37 Å². The van der Waals surface area contributed by atoms with E-state index in [1.165, 1.54) is 6.07 Å². The number of hydrogen-bond acceptors (Lipinski definition) is 6. The van der Waals surface area contributed by atoms with E-state index in [0.29, 0.717) is 13.2 Å². The summed E-state index contributed by atoms with van der Waals surface area (Å²) in [6.45, 7) is 5.91. The number of rotatable bonds is 8. The van der Waals surface area contributed by atoms with Crippen molar-refractivity contribution >= 4 is 34.0 Å². The van der Waals surface area contributed by atoms with Crippen LogP contribution in [-0.4, -0.2) is 66.1 Å². The zero-order valence-electron chi connectivity index (χ0n) is 20.3. The summed E-state index contributed by atoms with van der Waals surface area (Å²) in [7, 11) is 1.97. The number of halogens is 2. The largest absolute Gasteiger partial charge is 0.492 e. The Morgan fingerprint density at radius 2 is 1.58 bits per heavy atom. The number of aromatic nitrogens is 2. The smallest absolute Gasteiger partial charge is 0.224 e. The molecule has 0 amide bonds. The molecule has 1 fully saturated rings. The van der Waals surface area contributed by atoms with Crippen molar-refractivity contribution in [2.75, 3.05) is 51.3 Å². The number of anilines is 2. The molecule has 0 radical (unpaired) electrons. The highest BCUT2D eigenvalue weighted by molar-refractivity contribution is 6.28. The lowest BCUT2D eigenvalue weighted by atomic mass is 10.2. The van der Waals surface area contributed by atoms with Gasteiger partial charge < -0.3 is 9.64 Å². The van der Waals surface area contributed by atoms with Crippen LogP contribution in [0, 0.1) is 5.82 Å². The van der Waals surface area contributed by atoms with E-state index in [-0.39, 0.29) is 11.1 Å². The Labute approximate surface area is 215 Å². The molecular formula is C28H29ClFN5O. The zero-order chi connectivity index (χ0) is 24.9. The van der Waals surface area contributed by atoms with Crippen LogP contribution in [0.5, 0.6) is 5.75 Å².